The highest BCUT2D eigenvalue weighted by atomic mass is 79.9. The zero-order valence-corrected chi connectivity index (χ0v) is 14.3. The van der Waals surface area contributed by atoms with E-state index in [4.69, 9.17) is 12.2 Å². The molecule has 3 rings (SSSR count). The summed E-state index contributed by atoms with van der Waals surface area (Å²) >= 11 is 10.6. The summed E-state index contributed by atoms with van der Waals surface area (Å²) in [4.78, 5) is 7.68. The average molecular weight is 384 g/mol. The number of aliphatic hydroxyl groups excluding tert-OH is 1. The SMILES string of the molecule is OCCN1C(=S)N[C@H](c2ccccn2)[C@@H]1c1cc(Br)cs1. The number of aromatic nitrogens is 1. The van der Waals surface area contributed by atoms with Crippen LogP contribution in [0.3, 0.4) is 0 Å². The third-order valence-corrected chi connectivity index (χ3v) is 5.53. The molecule has 0 aliphatic carbocycles. The molecule has 0 saturated carbocycles. The van der Waals surface area contributed by atoms with E-state index in [-0.39, 0.29) is 18.7 Å². The van der Waals surface area contributed by atoms with E-state index < -0.39 is 0 Å². The third kappa shape index (κ3) is 2.96. The van der Waals surface area contributed by atoms with Crippen molar-refractivity contribution in [1.29, 1.82) is 0 Å². The molecule has 4 nitrogen and oxygen atoms in total. The third-order valence-electron chi connectivity index (χ3n) is 3.42. The molecule has 110 valence electrons. The normalized spacial score (nSPS) is 21.6. The van der Waals surface area contributed by atoms with Crippen molar-refractivity contribution < 1.29 is 5.11 Å². The number of β-amino-alcohol motifs (C(OH)–C–C–N with tert-alkyl or cyclic N) is 1. The van der Waals surface area contributed by atoms with Crippen LogP contribution in [0.5, 0.6) is 0 Å². The van der Waals surface area contributed by atoms with Crippen LogP contribution in [0.2, 0.25) is 0 Å². The fraction of sp³-hybridized carbons (Fsp3) is 0.286. The van der Waals surface area contributed by atoms with E-state index in [2.05, 4.69) is 37.7 Å². The molecule has 21 heavy (non-hydrogen) atoms. The molecule has 1 aliphatic heterocycles. The van der Waals surface area contributed by atoms with E-state index in [1.165, 1.54) is 4.88 Å². The van der Waals surface area contributed by atoms with Crippen LogP contribution >= 0.6 is 39.5 Å². The van der Waals surface area contributed by atoms with Crippen molar-refractivity contribution in [3.8, 4) is 0 Å². The fourth-order valence-corrected chi connectivity index (χ4v) is 4.47. The number of pyridine rings is 1. The van der Waals surface area contributed by atoms with Crippen molar-refractivity contribution in [1.82, 2.24) is 15.2 Å². The maximum Gasteiger partial charge on any atom is 0.170 e. The van der Waals surface area contributed by atoms with Gasteiger partial charge in [-0.05, 0) is 46.3 Å². The summed E-state index contributed by atoms with van der Waals surface area (Å²) in [6, 6.07) is 8.03. The highest BCUT2D eigenvalue weighted by molar-refractivity contribution is 9.10. The van der Waals surface area contributed by atoms with Crippen molar-refractivity contribution in [2.75, 3.05) is 13.2 Å². The number of thiophene rings is 1. The van der Waals surface area contributed by atoms with Crippen LogP contribution in [0.15, 0.2) is 40.3 Å². The summed E-state index contributed by atoms with van der Waals surface area (Å²) in [5, 5.41) is 15.4. The highest BCUT2D eigenvalue weighted by Gasteiger charge is 2.40. The van der Waals surface area contributed by atoms with Crippen molar-refractivity contribution in [2.24, 2.45) is 0 Å². The lowest BCUT2D eigenvalue weighted by Gasteiger charge is -2.25. The molecule has 7 heteroatoms. The molecule has 2 aromatic heterocycles. The maximum absolute atomic E-state index is 9.32. The number of aliphatic hydroxyl groups is 1. The Hall–Kier alpha value is -1.02. The van der Waals surface area contributed by atoms with Gasteiger partial charge in [0.1, 0.15) is 0 Å². The Morgan fingerprint density at radius 3 is 2.95 bits per heavy atom. The van der Waals surface area contributed by atoms with Gasteiger partial charge in [0.15, 0.2) is 5.11 Å². The number of nitrogens with zero attached hydrogens (tertiary/aromatic N) is 2. The molecule has 0 spiro atoms. The molecular weight excluding hydrogens is 370 g/mol. The quantitative estimate of drug-likeness (QED) is 0.794. The molecular formula is C14H14BrN3OS2. The summed E-state index contributed by atoms with van der Waals surface area (Å²) in [6.45, 7) is 0.579. The number of rotatable bonds is 4. The molecule has 1 aliphatic rings. The number of nitrogens with one attached hydrogen (secondary N) is 1. The topological polar surface area (TPSA) is 48.4 Å². The lowest BCUT2D eigenvalue weighted by atomic mass is 10.0. The second kappa shape index (κ2) is 6.39. The molecule has 0 bridgehead atoms. The second-order valence-electron chi connectivity index (χ2n) is 4.71. The van der Waals surface area contributed by atoms with Gasteiger partial charge in [0.05, 0.1) is 24.4 Å². The minimum absolute atomic E-state index is 0.00389. The minimum Gasteiger partial charge on any atom is -0.395 e. The summed E-state index contributed by atoms with van der Waals surface area (Å²) in [7, 11) is 0. The largest absolute Gasteiger partial charge is 0.395 e. The number of hydrogen-bond acceptors (Lipinski definition) is 4. The monoisotopic (exact) mass is 383 g/mol. The van der Waals surface area contributed by atoms with Crippen molar-refractivity contribution in [2.45, 2.75) is 12.1 Å². The first kappa shape index (κ1) is 14.9. The second-order valence-corrected chi connectivity index (χ2v) is 6.96. The molecule has 0 amide bonds. The Balaban J connectivity index is 2.00. The fourth-order valence-electron chi connectivity index (χ4n) is 2.55. The standard InChI is InChI=1S/C14H14BrN3OS2/c15-9-7-11(21-8-9)13-12(10-3-1-2-4-16-10)17-14(20)18(13)5-6-19/h1-4,7-8,12-13,19H,5-6H2,(H,17,20)/t12-,13+/m1/s1. The first-order valence-electron chi connectivity index (χ1n) is 6.53. The Labute approximate surface area is 140 Å². The van der Waals surface area contributed by atoms with Gasteiger partial charge in [-0.25, -0.2) is 0 Å². The first-order chi connectivity index (χ1) is 10.2. The number of halogens is 1. The highest BCUT2D eigenvalue weighted by Crippen LogP contribution is 2.41. The summed E-state index contributed by atoms with van der Waals surface area (Å²) in [6.07, 6.45) is 1.79. The van der Waals surface area contributed by atoms with Crippen LogP contribution in [0.4, 0.5) is 0 Å². The van der Waals surface area contributed by atoms with Crippen LogP contribution in [-0.2, 0) is 0 Å². The van der Waals surface area contributed by atoms with Crippen LogP contribution < -0.4 is 5.32 Å². The molecule has 3 heterocycles. The van der Waals surface area contributed by atoms with E-state index in [9.17, 15) is 5.11 Å². The average Bonchev–Trinajstić information content (AvgIpc) is 3.05. The Bertz CT molecular complexity index is 634. The molecule has 2 atom stereocenters. The van der Waals surface area contributed by atoms with Crippen molar-refractivity contribution in [3.63, 3.8) is 0 Å². The van der Waals surface area contributed by atoms with Gasteiger partial charge >= 0.3 is 0 Å². The van der Waals surface area contributed by atoms with Gasteiger partial charge in [0.25, 0.3) is 0 Å². The van der Waals surface area contributed by atoms with Crippen LogP contribution in [0.25, 0.3) is 0 Å². The van der Waals surface area contributed by atoms with Gasteiger partial charge in [-0.3, -0.25) is 4.98 Å². The Morgan fingerprint density at radius 1 is 1.48 bits per heavy atom. The molecule has 2 N–H and O–H groups in total. The van der Waals surface area contributed by atoms with Gasteiger partial charge in [-0.15, -0.1) is 11.3 Å². The summed E-state index contributed by atoms with van der Waals surface area (Å²) < 4.78 is 1.06. The van der Waals surface area contributed by atoms with Crippen LogP contribution in [0, 0.1) is 0 Å². The minimum atomic E-state index is -0.00389. The lowest BCUT2D eigenvalue weighted by molar-refractivity contribution is 0.224. The van der Waals surface area contributed by atoms with E-state index in [1.54, 1.807) is 17.5 Å². The molecule has 0 aromatic carbocycles. The smallest absolute Gasteiger partial charge is 0.170 e. The zero-order valence-electron chi connectivity index (χ0n) is 11.1. The maximum atomic E-state index is 9.32. The molecule has 0 radical (unpaired) electrons. The lowest BCUT2D eigenvalue weighted by Crippen LogP contribution is -2.31. The van der Waals surface area contributed by atoms with E-state index in [0.29, 0.717) is 11.7 Å². The van der Waals surface area contributed by atoms with E-state index >= 15 is 0 Å². The van der Waals surface area contributed by atoms with Crippen LogP contribution in [-0.4, -0.2) is 33.3 Å². The van der Waals surface area contributed by atoms with Gasteiger partial charge in [0.2, 0.25) is 0 Å². The number of thiocarbonyl (C=S) groups is 1. The van der Waals surface area contributed by atoms with E-state index in [0.717, 1.165) is 10.2 Å². The molecule has 0 unspecified atom stereocenters. The zero-order chi connectivity index (χ0) is 14.8. The molecule has 2 aromatic rings. The van der Waals surface area contributed by atoms with E-state index in [1.807, 2.05) is 23.1 Å². The molecule has 1 fully saturated rings. The van der Waals surface area contributed by atoms with Crippen molar-refractivity contribution in [3.05, 3.63) is 50.9 Å². The predicted molar refractivity (Wildman–Crippen MR) is 91.3 cm³/mol. The van der Waals surface area contributed by atoms with Gasteiger partial charge in [-0.2, -0.15) is 0 Å². The first-order valence-corrected chi connectivity index (χ1v) is 8.61. The van der Waals surface area contributed by atoms with Crippen LogP contribution in [0.1, 0.15) is 22.7 Å². The summed E-state index contributed by atoms with van der Waals surface area (Å²) in [5.74, 6) is 0. The summed E-state index contributed by atoms with van der Waals surface area (Å²) in [5.41, 5.74) is 0.954. The van der Waals surface area contributed by atoms with Gasteiger partial charge in [-0.1, -0.05) is 6.07 Å². The Morgan fingerprint density at radius 2 is 2.33 bits per heavy atom. The number of hydrogen-bond donors (Lipinski definition) is 2. The van der Waals surface area contributed by atoms with Gasteiger partial charge in [0, 0.05) is 27.5 Å². The molecule has 1 saturated heterocycles. The van der Waals surface area contributed by atoms with Gasteiger partial charge < -0.3 is 15.3 Å². The predicted octanol–water partition coefficient (Wildman–Crippen LogP) is 2.87. The van der Waals surface area contributed by atoms with Crippen molar-refractivity contribution >= 4 is 44.6 Å². The Kier molecular flexibility index (Phi) is 4.54.